The second kappa shape index (κ2) is 3.37. The summed E-state index contributed by atoms with van der Waals surface area (Å²) >= 11 is 0. The van der Waals surface area contributed by atoms with Crippen LogP contribution in [0.25, 0.3) is 0 Å². The van der Waals surface area contributed by atoms with Gasteiger partial charge in [-0.25, -0.2) is 4.79 Å². The number of likely N-dealkylation sites (tertiary alicyclic amines) is 1. The SMILES string of the molecule is CC(C)(C)OC(=O)N1CC2[C@@H](CO)[C@@H]2C1. The number of carbonyl (C=O) groups excluding carboxylic acids is 1. The van der Waals surface area contributed by atoms with E-state index in [0.29, 0.717) is 17.8 Å². The standard InChI is InChI=1S/C11H19NO3/c1-11(2,3)15-10(14)12-4-7-8(5-12)9(7)6-13/h7-9,13H,4-6H2,1-3H3/t7-,8?,9+/m1/s1. The minimum atomic E-state index is -0.416. The molecule has 1 heterocycles. The summed E-state index contributed by atoms with van der Waals surface area (Å²) in [6.45, 7) is 7.39. The summed E-state index contributed by atoms with van der Waals surface area (Å²) in [5.74, 6) is 1.47. The van der Waals surface area contributed by atoms with Crippen LogP contribution in [0.4, 0.5) is 4.79 Å². The number of nitrogens with zero attached hydrogens (tertiary/aromatic N) is 1. The van der Waals surface area contributed by atoms with E-state index in [-0.39, 0.29) is 12.7 Å². The molecule has 15 heavy (non-hydrogen) atoms. The van der Waals surface area contributed by atoms with Crippen LogP contribution in [0.2, 0.25) is 0 Å². The maximum Gasteiger partial charge on any atom is 0.410 e. The van der Waals surface area contributed by atoms with Crippen LogP contribution in [0.15, 0.2) is 0 Å². The Hall–Kier alpha value is -0.770. The van der Waals surface area contributed by atoms with Gasteiger partial charge in [-0.2, -0.15) is 0 Å². The quantitative estimate of drug-likeness (QED) is 0.709. The Balaban J connectivity index is 1.82. The van der Waals surface area contributed by atoms with Gasteiger partial charge < -0.3 is 14.7 Å². The molecular formula is C11H19NO3. The summed E-state index contributed by atoms with van der Waals surface area (Å²) in [7, 11) is 0. The molecule has 1 aliphatic heterocycles. The molecule has 4 nitrogen and oxygen atoms in total. The summed E-state index contributed by atoms with van der Waals surface area (Å²) < 4.78 is 5.28. The highest BCUT2D eigenvalue weighted by Crippen LogP contribution is 2.51. The van der Waals surface area contributed by atoms with Gasteiger partial charge in [-0.1, -0.05) is 0 Å². The Labute approximate surface area is 90.2 Å². The van der Waals surface area contributed by atoms with Crippen molar-refractivity contribution < 1.29 is 14.6 Å². The van der Waals surface area contributed by atoms with Crippen molar-refractivity contribution in [2.24, 2.45) is 17.8 Å². The monoisotopic (exact) mass is 213 g/mol. The molecule has 1 aliphatic carbocycles. The minimum absolute atomic E-state index is 0.216. The molecule has 2 fully saturated rings. The molecule has 2 rings (SSSR count). The number of hydrogen-bond donors (Lipinski definition) is 1. The van der Waals surface area contributed by atoms with Gasteiger partial charge in [0.15, 0.2) is 0 Å². The number of ether oxygens (including phenoxy) is 1. The third-order valence-corrected chi connectivity index (χ3v) is 3.23. The van der Waals surface area contributed by atoms with E-state index in [9.17, 15) is 4.79 Å². The number of amides is 1. The van der Waals surface area contributed by atoms with Crippen LogP contribution in [0, 0.1) is 17.8 Å². The molecule has 0 bridgehead atoms. The van der Waals surface area contributed by atoms with Crippen molar-refractivity contribution in [3.8, 4) is 0 Å². The van der Waals surface area contributed by atoms with Crippen molar-refractivity contribution in [2.75, 3.05) is 19.7 Å². The summed E-state index contributed by atoms with van der Waals surface area (Å²) in [6, 6.07) is 0. The third-order valence-electron chi connectivity index (χ3n) is 3.23. The van der Waals surface area contributed by atoms with Crippen LogP contribution in [0.5, 0.6) is 0 Å². The Morgan fingerprint density at radius 3 is 2.33 bits per heavy atom. The van der Waals surface area contributed by atoms with E-state index in [1.54, 1.807) is 4.90 Å². The second-order valence-electron chi connectivity index (χ2n) is 5.56. The van der Waals surface area contributed by atoms with E-state index in [0.717, 1.165) is 13.1 Å². The van der Waals surface area contributed by atoms with Gasteiger partial charge in [-0.3, -0.25) is 0 Å². The highest BCUT2D eigenvalue weighted by Gasteiger charge is 2.56. The third kappa shape index (κ3) is 2.09. The predicted molar refractivity (Wildman–Crippen MR) is 55.4 cm³/mol. The Morgan fingerprint density at radius 1 is 1.40 bits per heavy atom. The van der Waals surface area contributed by atoms with Crippen molar-refractivity contribution in [3.05, 3.63) is 0 Å². The number of hydrogen-bond acceptors (Lipinski definition) is 3. The molecule has 4 heteroatoms. The van der Waals surface area contributed by atoms with Crippen molar-refractivity contribution in [3.63, 3.8) is 0 Å². The zero-order valence-corrected chi connectivity index (χ0v) is 9.56. The fraction of sp³-hybridized carbons (Fsp3) is 0.909. The maximum atomic E-state index is 11.7. The molecule has 86 valence electrons. The first kappa shape index (κ1) is 10.7. The van der Waals surface area contributed by atoms with E-state index >= 15 is 0 Å². The van der Waals surface area contributed by atoms with Crippen LogP contribution in [-0.4, -0.2) is 41.4 Å². The van der Waals surface area contributed by atoms with Gasteiger partial charge in [0.05, 0.1) is 0 Å². The first-order valence-corrected chi connectivity index (χ1v) is 5.51. The van der Waals surface area contributed by atoms with Gasteiger partial charge >= 0.3 is 6.09 Å². The normalized spacial score (nSPS) is 33.9. The van der Waals surface area contributed by atoms with E-state index in [4.69, 9.17) is 9.84 Å². The first-order chi connectivity index (χ1) is 6.92. The van der Waals surface area contributed by atoms with Gasteiger partial charge in [0.1, 0.15) is 5.60 Å². The van der Waals surface area contributed by atoms with Gasteiger partial charge in [0, 0.05) is 19.7 Å². The average molecular weight is 213 g/mol. The zero-order valence-electron chi connectivity index (χ0n) is 9.56. The molecule has 0 aromatic carbocycles. The highest BCUT2D eigenvalue weighted by atomic mass is 16.6. The molecule has 1 unspecified atom stereocenters. The van der Waals surface area contributed by atoms with Crippen LogP contribution >= 0.6 is 0 Å². The number of carbonyl (C=O) groups is 1. The average Bonchev–Trinajstić information content (AvgIpc) is 2.54. The molecule has 1 N–H and O–H groups in total. The number of piperidine rings is 1. The molecule has 3 atom stereocenters. The largest absolute Gasteiger partial charge is 0.444 e. The molecular weight excluding hydrogens is 194 g/mol. The van der Waals surface area contributed by atoms with E-state index in [1.165, 1.54) is 0 Å². The van der Waals surface area contributed by atoms with Crippen LogP contribution in [0.1, 0.15) is 20.8 Å². The first-order valence-electron chi connectivity index (χ1n) is 5.51. The summed E-state index contributed by atoms with van der Waals surface area (Å²) in [5.41, 5.74) is -0.416. The molecule has 1 saturated carbocycles. The molecule has 2 aliphatic rings. The Morgan fingerprint density at radius 2 is 1.93 bits per heavy atom. The second-order valence-corrected chi connectivity index (χ2v) is 5.56. The molecule has 1 amide bonds. The van der Waals surface area contributed by atoms with Crippen molar-refractivity contribution in [2.45, 2.75) is 26.4 Å². The predicted octanol–water partition coefficient (Wildman–Crippen LogP) is 1.09. The lowest BCUT2D eigenvalue weighted by atomic mass is 10.2. The lowest BCUT2D eigenvalue weighted by molar-refractivity contribution is 0.0259. The summed E-state index contributed by atoms with van der Waals surface area (Å²) in [5, 5.41) is 8.99. The van der Waals surface area contributed by atoms with Crippen LogP contribution in [0.3, 0.4) is 0 Å². The molecule has 1 saturated heterocycles. The van der Waals surface area contributed by atoms with Crippen LogP contribution < -0.4 is 0 Å². The summed E-state index contributed by atoms with van der Waals surface area (Å²) in [4.78, 5) is 13.4. The lowest BCUT2D eigenvalue weighted by Gasteiger charge is -2.25. The lowest BCUT2D eigenvalue weighted by Crippen LogP contribution is -2.37. The highest BCUT2D eigenvalue weighted by molar-refractivity contribution is 5.68. The fourth-order valence-electron chi connectivity index (χ4n) is 2.40. The van der Waals surface area contributed by atoms with E-state index < -0.39 is 5.60 Å². The smallest absolute Gasteiger partial charge is 0.410 e. The van der Waals surface area contributed by atoms with Crippen molar-refractivity contribution in [1.29, 1.82) is 0 Å². The Kier molecular flexibility index (Phi) is 2.41. The molecule has 0 aromatic heterocycles. The van der Waals surface area contributed by atoms with Crippen molar-refractivity contribution in [1.82, 2.24) is 4.90 Å². The van der Waals surface area contributed by atoms with Gasteiger partial charge in [0.2, 0.25) is 0 Å². The molecule has 0 spiro atoms. The molecule has 0 aromatic rings. The summed E-state index contributed by atoms with van der Waals surface area (Å²) in [6.07, 6.45) is -0.216. The van der Waals surface area contributed by atoms with Crippen LogP contribution in [-0.2, 0) is 4.74 Å². The van der Waals surface area contributed by atoms with E-state index in [1.807, 2.05) is 20.8 Å². The maximum absolute atomic E-state index is 11.7. The van der Waals surface area contributed by atoms with Gasteiger partial charge in [-0.05, 0) is 38.5 Å². The fourth-order valence-corrected chi connectivity index (χ4v) is 2.40. The molecule has 0 radical (unpaired) electrons. The zero-order chi connectivity index (χ0) is 11.2. The topological polar surface area (TPSA) is 49.8 Å². The number of aliphatic hydroxyl groups is 1. The van der Waals surface area contributed by atoms with Gasteiger partial charge in [-0.15, -0.1) is 0 Å². The number of aliphatic hydroxyl groups excluding tert-OH is 1. The number of fused-ring (bicyclic) bond motifs is 1. The van der Waals surface area contributed by atoms with Crippen molar-refractivity contribution >= 4 is 6.09 Å². The van der Waals surface area contributed by atoms with Gasteiger partial charge in [0.25, 0.3) is 0 Å². The minimum Gasteiger partial charge on any atom is -0.444 e. The Bertz CT molecular complexity index is 259. The van der Waals surface area contributed by atoms with E-state index in [2.05, 4.69) is 0 Å². The number of rotatable bonds is 1.